The molecule has 2 aromatic carbocycles. The minimum Gasteiger partial charge on any atom is -0.486 e. The van der Waals surface area contributed by atoms with E-state index in [9.17, 15) is 8.78 Å². The van der Waals surface area contributed by atoms with Crippen molar-refractivity contribution in [2.24, 2.45) is 0 Å². The molecule has 0 aromatic heterocycles. The van der Waals surface area contributed by atoms with Gasteiger partial charge in [0, 0.05) is 4.47 Å². The first-order chi connectivity index (χ1) is 8.97. The van der Waals surface area contributed by atoms with Crippen molar-refractivity contribution in [2.75, 3.05) is 5.73 Å². The highest BCUT2D eigenvalue weighted by Crippen LogP contribution is 2.30. The Morgan fingerprint density at radius 2 is 1.89 bits per heavy atom. The number of nitrogens with two attached hydrogens (primary N) is 1. The lowest BCUT2D eigenvalue weighted by Gasteiger charge is -2.12. The highest BCUT2D eigenvalue weighted by Gasteiger charge is 2.08. The van der Waals surface area contributed by atoms with Crippen molar-refractivity contribution in [3.63, 3.8) is 0 Å². The van der Waals surface area contributed by atoms with Gasteiger partial charge in [-0.2, -0.15) is 0 Å². The Kier molecular flexibility index (Phi) is 4.04. The van der Waals surface area contributed by atoms with Gasteiger partial charge in [-0.15, -0.1) is 0 Å². The third kappa shape index (κ3) is 3.23. The Labute approximate surface area is 118 Å². The van der Waals surface area contributed by atoms with Crippen LogP contribution in [-0.2, 0) is 6.61 Å². The van der Waals surface area contributed by atoms with Crippen molar-refractivity contribution in [3.05, 3.63) is 57.6 Å². The van der Waals surface area contributed by atoms with Crippen LogP contribution in [0.2, 0.25) is 0 Å². The molecular weight excluding hydrogens is 316 g/mol. The second-order valence-corrected chi connectivity index (χ2v) is 5.09. The summed E-state index contributed by atoms with van der Waals surface area (Å²) in [7, 11) is 0. The molecule has 0 heterocycles. The van der Waals surface area contributed by atoms with E-state index in [1.54, 1.807) is 6.07 Å². The SMILES string of the molecule is Cc1cc(Br)cc(N)c1OCc1ccc(F)c(F)c1. The van der Waals surface area contributed by atoms with Gasteiger partial charge in [0.2, 0.25) is 0 Å². The standard InChI is InChI=1S/C14H12BrF2NO/c1-8-4-10(15)6-13(18)14(8)19-7-9-2-3-11(16)12(17)5-9/h2-6H,7,18H2,1H3. The van der Waals surface area contributed by atoms with Gasteiger partial charge < -0.3 is 10.5 Å². The maximum atomic E-state index is 13.1. The van der Waals surface area contributed by atoms with Gasteiger partial charge in [-0.1, -0.05) is 22.0 Å². The van der Waals surface area contributed by atoms with Crippen LogP contribution in [-0.4, -0.2) is 0 Å². The van der Waals surface area contributed by atoms with Crippen LogP contribution >= 0.6 is 15.9 Å². The van der Waals surface area contributed by atoms with Gasteiger partial charge in [0.1, 0.15) is 12.4 Å². The molecule has 0 aliphatic rings. The summed E-state index contributed by atoms with van der Waals surface area (Å²) >= 11 is 3.33. The summed E-state index contributed by atoms with van der Waals surface area (Å²) < 4.78 is 32.3. The monoisotopic (exact) mass is 327 g/mol. The number of ether oxygens (including phenoxy) is 1. The molecule has 0 fully saturated rings. The normalized spacial score (nSPS) is 10.5. The predicted octanol–water partition coefficient (Wildman–Crippen LogP) is 4.20. The zero-order valence-corrected chi connectivity index (χ0v) is 11.8. The third-order valence-corrected chi connectivity index (χ3v) is 3.09. The number of hydrogen-bond donors (Lipinski definition) is 1. The second kappa shape index (κ2) is 5.57. The summed E-state index contributed by atoms with van der Waals surface area (Å²) in [5.41, 5.74) is 7.76. The molecule has 0 saturated heterocycles. The molecule has 2 N–H and O–H groups in total. The molecule has 0 atom stereocenters. The third-order valence-electron chi connectivity index (χ3n) is 2.64. The van der Waals surface area contributed by atoms with Crippen molar-refractivity contribution in [2.45, 2.75) is 13.5 Å². The summed E-state index contributed by atoms with van der Waals surface area (Å²) in [6.07, 6.45) is 0. The number of hydrogen-bond acceptors (Lipinski definition) is 2. The van der Waals surface area contributed by atoms with Gasteiger partial charge in [0.15, 0.2) is 11.6 Å². The van der Waals surface area contributed by atoms with E-state index in [1.807, 2.05) is 13.0 Å². The molecule has 19 heavy (non-hydrogen) atoms. The van der Waals surface area contributed by atoms with Crippen LogP contribution in [0.15, 0.2) is 34.8 Å². The van der Waals surface area contributed by atoms with E-state index in [0.29, 0.717) is 17.0 Å². The zero-order valence-electron chi connectivity index (χ0n) is 10.2. The molecule has 0 bridgehead atoms. The fourth-order valence-electron chi connectivity index (χ4n) is 1.74. The molecule has 0 unspecified atom stereocenters. The number of benzene rings is 2. The first-order valence-electron chi connectivity index (χ1n) is 5.59. The lowest BCUT2D eigenvalue weighted by atomic mass is 10.2. The van der Waals surface area contributed by atoms with E-state index < -0.39 is 11.6 Å². The molecule has 2 rings (SSSR count). The first kappa shape index (κ1) is 13.8. The van der Waals surface area contributed by atoms with Crippen LogP contribution in [0.25, 0.3) is 0 Å². The lowest BCUT2D eigenvalue weighted by molar-refractivity contribution is 0.304. The Bertz CT molecular complexity index is 593. The fourth-order valence-corrected chi connectivity index (χ4v) is 2.33. The van der Waals surface area contributed by atoms with E-state index >= 15 is 0 Å². The molecule has 0 aliphatic carbocycles. The van der Waals surface area contributed by atoms with Crippen molar-refractivity contribution >= 4 is 21.6 Å². The van der Waals surface area contributed by atoms with Crippen LogP contribution in [0.5, 0.6) is 5.75 Å². The average molecular weight is 328 g/mol. The van der Waals surface area contributed by atoms with E-state index in [2.05, 4.69) is 15.9 Å². The van der Waals surface area contributed by atoms with Crippen molar-refractivity contribution in [1.82, 2.24) is 0 Å². The van der Waals surface area contributed by atoms with Crippen LogP contribution < -0.4 is 10.5 Å². The van der Waals surface area contributed by atoms with Crippen LogP contribution in [0.4, 0.5) is 14.5 Å². The molecule has 5 heteroatoms. The lowest BCUT2D eigenvalue weighted by Crippen LogP contribution is -2.01. The Morgan fingerprint density at radius 3 is 2.53 bits per heavy atom. The first-order valence-corrected chi connectivity index (χ1v) is 6.39. The average Bonchev–Trinajstić information content (AvgIpc) is 2.32. The maximum absolute atomic E-state index is 13.1. The van der Waals surface area contributed by atoms with Gasteiger partial charge in [-0.05, 0) is 42.3 Å². The largest absolute Gasteiger partial charge is 0.486 e. The molecule has 0 spiro atoms. The Hall–Kier alpha value is -1.62. The van der Waals surface area contributed by atoms with Gasteiger partial charge in [-0.25, -0.2) is 8.78 Å². The fraction of sp³-hybridized carbons (Fsp3) is 0.143. The summed E-state index contributed by atoms with van der Waals surface area (Å²) in [5.74, 6) is -1.21. The summed E-state index contributed by atoms with van der Waals surface area (Å²) in [4.78, 5) is 0. The Morgan fingerprint density at radius 1 is 1.16 bits per heavy atom. The second-order valence-electron chi connectivity index (χ2n) is 4.18. The molecule has 2 nitrogen and oxygen atoms in total. The van der Waals surface area contributed by atoms with Crippen molar-refractivity contribution < 1.29 is 13.5 Å². The molecule has 0 radical (unpaired) electrons. The molecule has 2 aromatic rings. The summed E-state index contributed by atoms with van der Waals surface area (Å²) in [6, 6.07) is 7.26. The maximum Gasteiger partial charge on any atom is 0.159 e. The van der Waals surface area contributed by atoms with E-state index in [4.69, 9.17) is 10.5 Å². The molecule has 0 amide bonds. The van der Waals surface area contributed by atoms with Crippen LogP contribution in [0.3, 0.4) is 0 Å². The quantitative estimate of drug-likeness (QED) is 0.857. The zero-order chi connectivity index (χ0) is 14.0. The number of rotatable bonds is 3. The number of nitrogen functional groups attached to an aromatic ring is 1. The van der Waals surface area contributed by atoms with Crippen molar-refractivity contribution in [1.29, 1.82) is 0 Å². The number of halogens is 3. The molecular formula is C14H12BrF2NO. The van der Waals surface area contributed by atoms with Gasteiger partial charge in [0.05, 0.1) is 5.69 Å². The van der Waals surface area contributed by atoms with E-state index in [-0.39, 0.29) is 6.61 Å². The number of aryl methyl sites for hydroxylation is 1. The van der Waals surface area contributed by atoms with E-state index in [0.717, 1.165) is 22.2 Å². The van der Waals surface area contributed by atoms with Gasteiger partial charge in [-0.3, -0.25) is 0 Å². The number of anilines is 1. The van der Waals surface area contributed by atoms with E-state index in [1.165, 1.54) is 6.07 Å². The van der Waals surface area contributed by atoms with Gasteiger partial charge in [0.25, 0.3) is 0 Å². The van der Waals surface area contributed by atoms with Crippen LogP contribution in [0.1, 0.15) is 11.1 Å². The highest BCUT2D eigenvalue weighted by atomic mass is 79.9. The summed E-state index contributed by atoms with van der Waals surface area (Å²) in [6.45, 7) is 1.99. The molecule has 0 aliphatic heterocycles. The summed E-state index contributed by atoms with van der Waals surface area (Å²) in [5, 5.41) is 0. The van der Waals surface area contributed by atoms with Crippen molar-refractivity contribution in [3.8, 4) is 5.75 Å². The topological polar surface area (TPSA) is 35.2 Å². The minimum atomic E-state index is -0.887. The highest BCUT2D eigenvalue weighted by molar-refractivity contribution is 9.10. The smallest absolute Gasteiger partial charge is 0.159 e. The predicted molar refractivity (Wildman–Crippen MR) is 74.0 cm³/mol. The molecule has 0 saturated carbocycles. The van der Waals surface area contributed by atoms with Crippen LogP contribution in [0, 0.1) is 18.6 Å². The minimum absolute atomic E-state index is 0.129. The van der Waals surface area contributed by atoms with Gasteiger partial charge >= 0.3 is 0 Å². The Balaban J connectivity index is 2.16. The molecule has 100 valence electrons.